The highest BCUT2D eigenvalue weighted by atomic mass is 16.4. The molecular formula is C8H16N2O4. The number of carboxylic acid groups (broad SMARTS) is 1. The topological polar surface area (TPSA) is 98.7 Å². The molecule has 0 unspecified atom stereocenters. The first-order valence-corrected chi connectivity index (χ1v) is 4.50. The van der Waals surface area contributed by atoms with E-state index in [1.165, 1.54) is 0 Å². The van der Waals surface area contributed by atoms with Crippen molar-refractivity contribution in [1.29, 1.82) is 0 Å². The highest BCUT2D eigenvalue weighted by Gasteiger charge is 2.13. The van der Waals surface area contributed by atoms with Gasteiger partial charge in [-0.1, -0.05) is 13.3 Å². The number of hydrogen-bond acceptors (Lipinski definition) is 3. The van der Waals surface area contributed by atoms with Crippen LogP contribution in [0.4, 0.5) is 4.79 Å². The lowest BCUT2D eigenvalue weighted by Crippen LogP contribution is -2.42. The van der Waals surface area contributed by atoms with E-state index >= 15 is 0 Å². The molecule has 0 aliphatic heterocycles. The minimum atomic E-state index is -1.55. The summed E-state index contributed by atoms with van der Waals surface area (Å²) in [5, 5.41) is 21.9. The maximum atomic E-state index is 10.9. The number of carboxylic acids is 1. The molecule has 0 fully saturated rings. The summed E-state index contributed by atoms with van der Waals surface area (Å²) in [5.74, 6) is -1.35. The zero-order valence-electron chi connectivity index (χ0n) is 8.12. The lowest BCUT2D eigenvalue weighted by Gasteiger charge is -2.08. The van der Waals surface area contributed by atoms with Gasteiger partial charge in [-0.15, -0.1) is 0 Å². The molecule has 0 aromatic carbocycles. The van der Waals surface area contributed by atoms with Crippen molar-refractivity contribution in [3.05, 3.63) is 0 Å². The molecule has 0 spiro atoms. The van der Waals surface area contributed by atoms with Crippen LogP contribution < -0.4 is 10.6 Å². The predicted molar refractivity (Wildman–Crippen MR) is 50.0 cm³/mol. The van der Waals surface area contributed by atoms with Crippen LogP contribution in [-0.4, -0.2) is 41.4 Å². The van der Waals surface area contributed by atoms with Crippen molar-refractivity contribution in [1.82, 2.24) is 10.6 Å². The third-order valence-corrected chi connectivity index (χ3v) is 1.56. The van der Waals surface area contributed by atoms with Crippen molar-refractivity contribution < 1.29 is 19.8 Å². The Morgan fingerprint density at radius 2 is 2.00 bits per heavy atom. The van der Waals surface area contributed by atoms with Crippen molar-refractivity contribution in [3.8, 4) is 0 Å². The number of carbonyl (C=O) groups is 2. The average Bonchev–Trinajstić information content (AvgIpc) is 2.14. The van der Waals surface area contributed by atoms with Gasteiger partial charge in [-0.2, -0.15) is 0 Å². The zero-order chi connectivity index (χ0) is 11.0. The summed E-state index contributed by atoms with van der Waals surface area (Å²) >= 11 is 0. The fraction of sp³-hybridized carbons (Fsp3) is 0.750. The number of aliphatic hydroxyl groups excluding tert-OH is 1. The molecule has 6 nitrogen and oxygen atoms in total. The van der Waals surface area contributed by atoms with Crippen molar-refractivity contribution in [2.24, 2.45) is 0 Å². The second kappa shape index (κ2) is 7.14. The second-order valence-electron chi connectivity index (χ2n) is 2.84. The van der Waals surface area contributed by atoms with E-state index in [-0.39, 0.29) is 6.54 Å². The molecule has 6 heteroatoms. The van der Waals surface area contributed by atoms with Crippen LogP contribution in [0.1, 0.15) is 19.8 Å². The van der Waals surface area contributed by atoms with E-state index in [0.29, 0.717) is 6.54 Å². The third kappa shape index (κ3) is 6.24. The summed E-state index contributed by atoms with van der Waals surface area (Å²) in [4.78, 5) is 21.1. The van der Waals surface area contributed by atoms with Crippen LogP contribution in [0.25, 0.3) is 0 Å². The normalized spacial score (nSPS) is 11.9. The van der Waals surface area contributed by atoms with Gasteiger partial charge < -0.3 is 20.8 Å². The van der Waals surface area contributed by atoms with Gasteiger partial charge in [0.1, 0.15) is 0 Å². The predicted octanol–water partition coefficient (Wildman–Crippen LogP) is -0.469. The van der Waals surface area contributed by atoms with E-state index in [1.54, 1.807) is 0 Å². The van der Waals surface area contributed by atoms with Gasteiger partial charge in [0.2, 0.25) is 0 Å². The van der Waals surface area contributed by atoms with Crippen molar-refractivity contribution in [2.45, 2.75) is 25.9 Å². The van der Waals surface area contributed by atoms with E-state index < -0.39 is 18.1 Å². The van der Waals surface area contributed by atoms with Gasteiger partial charge in [-0.05, 0) is 6.42 Å². The van der Waals surface area contributed by atoms with Crippen LogP contribution >= 0.6 is 0 Å². The number of hydrogen-bond donors (Lipinski definition) is 4. The third-order valence-electron chi connectivity index (χ3n) is 1.56. The number of nitrogens with one attached hydrogen (secondary N) is 2. The van der Waals surface area contributed by atoms with Crippen LogP contribution in [0.3, 0.4) is 0 Å². The average molecular weight is 204 g/mol. The molecule has 0 aliphatic rings. The molecule has 0 radical (unpaired) electrons. The number of aliphatic hydroxyl groups is 1. The van der Waals surface area contributed by atoms with Crippen molar-refractivity contribution in [2.75, 3.05) is 13.1 Å². The Morgan fingerprint density at radius 3 is 2.50 bits per heavy atom. The highest BCUT2D eigenvalue weighted by Crippen LogP contribution is 1.83. The maximum absolute atomic E-state index is 10.9. The molecule has 0 rings (SSSR count). The molecule has 0 saturated heterocycles. The van der Waals surface area contributed by atoms with Crippen LogP contribution in [0.5, 0.6) is 0 Å². The summed E-state index contributed by atoms with van der Waals surface area (Å²) in [6, 6.07) is -0.459. The van der Waals surface area contributed by atoms with Crippen molar-refractivity contribution >= 4 is 12.0 Å². The minimum Gasteiger partial charge on any atom is -0.479 e. The van der Waals surface area contributed by atoms with E-state index in [4.69, 9.17) is 10.2 Å². The van der Waals surface area contributed by atoms with Crippen LogP contribution in [0, 0.1) is 0 Å². The Morgan fingerprint density at radius 1 is 1.36 bits per heavy atom. The first-order chi connectivity index (χ1) is 6.57. The molecule has 2 amide bonds. The zero-order valence-corrected chi connectivity index (χ0v) is 8.12. The first kappa shape index (κ1) is 12.7. The Hall–Kier alpha value is -1.30. The Kier molecular flexibility index (Phi) is 6.47. The summed E-state index contributed by atoms with van der Waals surface area (Å²) in [6.07, 6.45) is 0.291. The summed E-state index contributed by atoms with van der Waals surface area (Å²) in [7, 11) is 0. The maximum Gasteiger partial charge on any atom is 0.334 e. The molecule has 0 aromatic heterocycles. The monoisotopic (exact) mass is 204 g/mol. The standard InChI is InChI=1S/C8H16N2O4/c1-2-3-4-9-8(14)10-5-6(11)7(12)13/h6,11H,2-5H2,1H3,(H,12,13)(H2,9,10,14)/t6-/m0/s1. The SMILES string of the molecule is CCCCNC(=O)NC[C@H](O)C(=O)O. The van der Waals surface area contributed by atoms with E-state index in [2.05, 4.69) is 10.6 Å². The second-order valence-corrected chi connectivity index (χ2v) is 2.84. The van der Waals surface area contributed by atoms with Gasteiger partial charge in [0.05, 0.1) is 6.54 Å². The van der Waals surface area contributed by atoms with Gasteiger partial charge in [0, 0.05) is 6.54 Å². The molecule has 0 saturated carbocycles. The summed E-state index contributed by atoms with van der Waals surface area (Å²) < 4.78 is 0. The molecule has 14 heavy (non-hydrogen) atoms. The molecule has 0 heterocycles. The summed E-state index contributed by atoms with van der Waals surface area (Å²) in [6.45, 7) is 2.26. The molecular weight excluding hydrogens is 188 g/mol. The number of urea groups is 1. The van der Waals surface area contributed by atoms with Crippen molar-refractivity contribution in [3.63, 3.8) is 0 Å². The Bertz CT molecular complexity index is 196. The summed E-state index contributed by atoms with van der Waals surface area (Å²) in [5.41, 5.74) is 0. The molecule has 0 aromatic rings. The van der Waals surface area contributed by atoms with Crippen LogP contribution in [0.2, 0.25) is 0 Å². The van der Waals surface area contributed by atoms with Crippen LogP contribution in [0.15, 0.2) is 0 Å². The van der Waals surface area contributed by atoms with Gasteiger partial charge in [-0.25, -0.2) is 9.59 Å². The van der Waals surface area contributed by atoms with E-state index in [9.17, 15) is 9.59 Å². The fourth-order valence-electron chi connectivity index (χ4n) is 0.718. The number of carbonyl (C=O) groups excluding carboxylic acids is 1. The largest absolute Gasteiger partial charge is 0.479 e. The quantitative estimate of drug-likeness (QED) is 0.439. The van der Waals surface area contributed by atoms with E-state index in [1.807, 2.05) is 6.92 Å². The number of amides is 2. The Balaban J connectivity index is 3.48. The van der Waals surface area contributed by atoms with Crippen LogP contribution in [-0.2, 0) is 4.79 Å². The molecule has 0 aliphatic carbocycles. The number of aliphatic carboxylic acids is 1. The Labute approximate surface area is 82.3 Å². The molecule has 0 bridgehead atoms. The minimum absolute atomic E-state index is 0.284. The highest BCUT2D eigenvalue weighted by molar-refractivity contribution is 5.76. The van der Waals surface area contributed by atoms with Gasteiger partial charge in [-0.3, -0.25) is 0 Å². The number of unbranched alkanes of at least 4 members (excludes halogenated alkanes) is 1. The van der Waals surface area contributed by atoms with E-state index in [0.717, 1.165) is 12.8 Å². The van der Waals surface area contributed by atoms with Gasteiger partial charge >= 0.3 is 12.0 Å². The molecule has 1 atom stereocenters. The smallest absolute Gasteiger partial charge is 0.334 e. The lowest BCUT2D eigenvalue weighted by molar-refractivity contribution is -0.146. The van der Waals surface area contributed by atoms with Gasteiger partial charge in [0.15, 0.2) is 6.10 Å². The lowest BCUT2D eigenvalue weighted by atomic mass is 10.3. The van der Waals surface area contributed by atoms with Gasteiger partial charge in [0.25, 0.3) is 0 Å². The molecule has 4 N–H and O–H groups in total. The first-order valence-electron chi connectivity index (χ1n) is 4.50. The number of rotatable bonds is 6. The fourth-order valence-corrected chi connectivity index (χ4v) is 0.718. The molecule has 82 valence electrons.